The Morgan fingerprint density at radius 2 is 2.04 bits per heavy atom. The lowest BCUT2D eigenvalue weighted by Gasteiger charge is -2.18. The number of aryl methyl sites for hydroxylation is 1. The van der Waals surface area contributed by atoms with E-state index in [1.54, 1.807) is 20.3 Å². The number of amides is 2. The van der Waals surface area contributed by atoms with Gasteiger partial charge in [0.2, 0.25) is 0 Å². The van der Waals surface area contributed by atoms with Crippen molar-refractivity contribution in [3.63, 3.8) is 0 Å². The lowest BCUT2D eigenvalue weighted by molar-refractivity contribution is 0.237. The average molecular weight is 317 g/mol. The van der Waals surface area contributed by atoms with E-state index in [9.17, 15) is 4.79 Å². The number of hydrogen-bond acceptors (Lipinski definition) is 3. The van der Waals surface area contributed by atoms with Crippen LogP contribution in [-0.2, 0) is 13.6 Å². The summed E-state index contributed by atoms with van der Waals surface area (Å²) in [7, 11) is 5.15. The molecule has 0 aliphatic heterocycles. The van der Waals surface area contributed by atoms with Gasteiger partial charge in [-0.1, -0.05) is 0 Å². The van der Waals surface area contributed by atoms with Crippen LogP contribution in [0.3, 0.4) is 0 Å². The second-order valence-corrected chi connectivity index (χ2v) is 5.34. The lowest BCUT2D eigenvalue weighted by Crippen LogP contribution is -2.36. The zero-order valence-electron chi connectivity index (χ0n) is 13.9. The molecule has 0 spiro atoms. The summed E-state index contributed by atoms with van der Waals surface area (Å²) in [6.45, 7) is 2.39. The van der Waals surface area contributed by atoms with E-state index in [0.717, 1.165) is 11.1 Å². The summed E-state index contributed by atoms with van der Waals surface area (Å²) in [6.07, 6.45) is 3.91. The van der Waals surface area contributed by atoms with Gasteiger partial charge in [0.05, 0.1) is 20.3 Å². The maximum absolute atomic E-state index is 12.0. The quantitative estimate of drug-likeness (QED) is 0.861. The highest BCUT2D eigenvalue weighted by Crippen LogP contribution is 2.29. The lowest BCUT2D eigenvalue weighted by atomic mass is 10.1. The molecule has 0 saturated carbocycles. The number of carbonyl (C=O) groups is 1. The molecule has 2 rings (SSSR count). The smallest absolute Gasteiger partial charge is 0.315 e. The van der Waals surface area contributed by atoms with Gasteiger partial charge in [-0.15, -0.1) is 0 Å². The summed E-state index contributed by atoms with van der Waals surface area (Å²) in [5.74, 6) is 1.39. The number of rotatable bonds is 6. The number of ether oxygens (including phenoxy) is 2. The van der Waals surface area contributed by atoms with E-state index in [2.05, 4.69) is 10.6 Å². The second kappa shape index (κ2) is 7.58. The minimum atomic E-state index is -0.223. The van der Waals surface area contributed by atoms with Crippen molar-refractivity contribution in [2.45, 2.75) is 19.5 Å². The Morgan fingerprint density at radius 3 is 2.65 bits per heavy atom. The maximum atomic E-state index is 12.0. The molecule has 2 amide bonds. The van der Waals surface area contributed by atoms with Gasteiger partial charge in [-0.3, -0.25) is 0 Å². The van der Waals surface area contributed by atoms with E-state index in [-0.39, 0.29) is 12.1 Å². The SMILES string of the molecule is COc1ccc(C(C)NC(=O)NCc2ccn(C)c2)c(OC)c1. The summed E-state index contributed by atoms with van der Waals surface area (Å²) in [5, 5.41) is 5.75. The highest BCUT2D eigenvalue weighted by atomic mass is 16.5. The second-order valence-electron chi connectivity index (χ2n) is 5.34. The van der Waals surface area contributed by atoms with Crippen LogP contribution in [0.5, 0.6) is 11.5 Å². The Balaban J connectivity index is 1.95. The van der Waals surface area contributed by atoms with Crippen molar-refractivity contribution in [2.24, 2.45) is 7.05 Å². The molecule has 0 aliphatic rings. The van der Waals surface area contributed by atoms with Gasteiger partial charge < -0.3 is 24.7 Å². The fraction of sp³-hybridized carbons (Fsp3) is 0.353. The third-order valence-corrected chi connectivity index (χ3v) is 3.60. The van der Waals surface area contributed by atoms with Crippen LogP contribution < -0.4 is 20.1 Å². The summed E-state index contributed by atoms with van der Waals surface area (Å²) in [4.78, 5) is 12.0. The van der Waals surface area contributed by atoms with Crippen LogP contribution >= 0.6 is 0 Å². The molecule has 23 heavy (non-hydrogen) atoms. The van der Waals surface area contributed by atoms with E-state index < -0.39 is 0 Å². The van der Waals surface area contributed by atoms with E-state index in [4.69, 9.17) is 9.47 Å². The van der Waals surface area contributed by atoms with Gasteiger partial charge in [-0.05, 0) is 30.7 Å². The van der Waals surface area contributed by atoms with E-state index in [0.29, 0.717) is 18.0 Å². The number of nitrogens with zero attached hydrogens (tertiary/aromatic N) is 1. The standard InChI is InChI=1S/C17H23N3O3/c1-12(15-6-5-14(22-3)9-16(15)23-4)19-17(21)18-10-13-7-8-20(2)11-13/h5-9,11-12H,10H2,1-4H3,(H2,18,19,21). The largest absolute Gasteiger partial charge is 0.497 e. The first-order chi connectivity index (χ1) is 11.0. The molecule has 0 radical (unpaired) electrons. The summed E-state index contributed by atoms with van der Waals surface area (Å²) < 4.78 is 12.5. The zero-order valence-corrected chi connectivity index (χ0v) is 13.9. The van der Waals surface area contributed by atoms with Gasteiger partial charge in [0, 0.05) is 37.6 Å². The summed E-state index contributed by atoms with van der Waals surface area (Å²) in [6, 6.07) is 7.09. The molecule has 1 aromatic carbocycles. The first-order valence-electron chi connectivity index (χ1n) is 7.40. The normalized spacial score (nSPS) is 11.7. The molecule has 1 aromatic heterocycles. The van der Waals surface area contributed by atoms with Crippen molar-refractivity contribution in [2.75, 3.05) is 14.2 Å². The fourth-order valence-corrected chi connectivity index (χ4v) is 2.35. The minimum Gasteiger partial charge on any atom is -0.497 e. The van der Waals surface area contributed by atoms with Crippen molar-refractivity contribution in [3.8, 4) is 11.5 Å². The van der Waals surface area contributed by atoms with Crippen molar-refractivity contribution >= 4 is 6.03 Å². The van der Waals surface area contributed by atoms with Gasteiger partial charge >= 0.3 is 6.03 Å². The van der Waals surface area contributed by atoms with Crippen molar-refractivity contribution in [3.05, 3.63) is 47.8 Å². The Hall–Kier alpha value is -2.63. The van der Waals surface area contributed by atoms with Crippen LogP contribution in [0.2, 0.25) is 0 Å². The Kier molecular flexibility index (Phi) is 5.51. The highest BCUT2D eigenvalue weighted by molar-refractivity contribution is 5.74. The van der Waals surface area contributed by atoms with Crippen LogP contribution in [0, 0.1) is 0 Å². The monoisotopic (exact) mass is 317 g/mol. The molecule has 6 nitrogen and oxygen atoms in total. The van der Waals surface area contributed by atoms with E-state index >= 15 is 0 Å². The Bertz CT molecular complexity index is 667. The molecule has 124 valence electrons. The minimum absolute atomic E-state index is 0.188. The number of nitrogens with one attached hydrogen (secondary N) is 2. The molecule has 2 aromatic rings. The van der Waals surface area contributed by atoms with Crippen molar-refractivity contribution in [1.82, 2.24) is 15.2 Å². The molecular formula is C17H23N3O3. The molecule has 6 heteroatoms. The van der Waals surface area contributed by atoms with Crippen LogP contribution in [0.1, 0.15) is 24.1 Å². The molecule has 0 fully saturated rings. The van der Waals surface area contributed by atoms with Crippen molar-refractivity contribution in [1.29, 1.82) is 0 Å². The predicted molar refractivity (Wildman–Crippen MR) is 88.7 cm³/mol. The van der Waals surface area contributed by atoms with Crippen LogP contribution in [0.25, 0.3) is 0 Å². The Morgan fingerprint density at radius 1 is 1.26 bits per heavy atom. The molecule has 2 N–H and O–H groups in total. The molecule has 1 unspecified atom stereocenters. The molecule has 0 bridgehead atoms. The zero-order chi connectivity index (χ0) is 16.8. The maximum Gasteiger partial charge on any atom is 0.315 e. The molecule has 0 aliphatic carbocycles. The van der Waals surface area contributed by atoms with Crippen LogP contribution in [0.4, 0.5) is 4.79 Å². The number of benzene rings is 1. The number of aromatic nitrogens is 1. The summed E-state index contributed by atoms with van der Waals surface area (Å²) in [5.41, 5.74) is 1.94. The highest BCUT2D eigenvalue weighted by Gasteiger charge is 2.14. The third kappa shape index (κ3) is 4.42. The molecule has 0 saturated heterocycles. The Labute approximate surface area is 136 Å². The number of urea groups is 1. The van der Waals surface area contributed by atoms with E-state index in [1.807, 2.05) is 49.1 Å². The topological polar surface area (TPSA) is 64.5 Å². The van der Waals surface area contributed by atoms with Crippen LogP contribution in [0.15, 0.2) is 36.7 Å². The van der Waals surface area contributed by atoms with Gasteiger partial charge in [-0.25, -0.2) is 4.79 Å². The van der Waals surface area contributed by atoms with Gasteiger partial charge in [0.1, 0.15) is 11.5 Å². The molecular weight excluding hydrogens is 294 g/mol. The van der Waals surface area contributed by atoms with Crippen LogP contribution in [-0.4, -0.2) is 24.8 Å². The van der Waals surface area contributed by atoms with Crippen molar-refractivity contribution < 1.29 is 14.3 Å². The average Bonchev–Trinajstić information content (AvgIpc) is 2.97. The summed E-state index contributed by atoms with van der Waals surface area (Å²) >= 11 is 0. The fourth-order valence-electron chi connectivity index (χ4n) is 2.35. The van der Waals surface area contributed by atoms with Gasteiger partial charge in [-0.2, -0.15) is 0 Å². The first kappa shape index (κ1) is 16.7. The van der Waals surface area contributed by atoms with Gasteiger partial charge in [0.25, 0.3) is 0 Å². The first-order valence-corrected chi connectivity index (χ1v) is 7.40. The predicted octanol–water partition coefficient (Wildman–Crippen LogP) is 2.60. The number of hydrogen-bond donors (Lipinski definition) is 2. The van der Waals surface area contributed by atoms with Gasteiger partial charge in [0.15, 0.2) is 0 Å². The molecule has 1 atom stereocenters. The third-order valence-electron chi connectivity index (χ3n) is 3.60. The number of methoxy groups -OCH3 is 2. The number of carbonyl (C=O) groups excluding carboxylic acids is 1. The molecule has 1 heterocycles. The van der Waals surface area contributed by atoms with E-state index in [1.165, 1.54) is 0 Å².